The first-order chi connectivity index (χ1) is 11.7. The largest absolute Gasteiger partial charge is 0.379 e. The van der Waals surface area contributed by atoms with Crippen molar-refractivity contribution in [3.05, 3.63) is 0 Å². The molecule has 0 aromatic carbocycles. The van der Waals surface area contributed by atoms with E-state index in [1.54, 1.807) is 0 Å². The molecule has 0 aliphatic carbocycles. The molecule has 0 aliphatic heterocycles. The lowest BCUT2D eigenvalue weighted by Crippen LogP contribution is -2.19. The molecule has 0 aliphatic rings. The first-order valence-electron chi connectivity index (χ1n) is 10.9. The van der Waals surface area contributed by atoms with Gasteiger partial charge in [0.1, 0.15) is 0 Å². The minimum Gasteiger partial charge on any atom is -0.379 e. The third-order valence-electron chi connectivity index (χ3n) is 4.71. The molecule has 24 heavy (non-hydrogen) atoms. The van der Waals surface area contributed by atoms with E-state index in [-0.39, 0.29) is 6.10 Å². The third kappa shape index (κ3) is 18.3. The van der Waals surface area contributed by atoms with Crippen LogP contribution >= 0.6 is 0 Å². The van der Waals surface area contributed by atoms with E-state index in [1.165, 1.54) is 83.5 Å². The molecule has 2 heteroatoms. The van der Waals surface area contributed by atoms with Gasteiger partial charge in [-0.2, -0.15) is 0 Å². The number of ether oxygens (including phenoxy) is 2. The van der Waals surface area contributed by atoms with Gasteiger partial charge in [0.05, 0.1) is 12.7 Å². The van der Waals surface area contributed by atoms with Crippen molar-refractivity contribution in [1.82, 2.24) is 0 Å². The highest BCUT2D eigenvalue weighted by Crippen LogP contribution is 2.13. The maximum Gasteiger partial charge on any atom is 0.0780 e. The molecule has 2 unspecified atom stereocenters. The molecule has 0 saturated carbocycles. The molecule has 2 atom stereocenters. The molecule has 0 radical (unpaired) electrons. The van der Waals surface area contributed by atoms with E-state index in [0.717, 1.165) is 19.8 Å². The van der Waals surface area contributed by atoms with Crippen molar-refractivity contribution in [2.45, 2.75) is 117 Å². The Morgan fingerprint density at radius 3 is 1.79 bits per heavy atom. The van der Waals surface area contributed by atoms with E-state index in [4.69, 9.17) is 9.47 Å². The summed E-state index contributed by atoms with van der Waals surface area (Å²) in [4.78, 5) is 0. The van der Waals surface area contributed by atoms with E-state index >= 15 is 0 Å². The Balaban J connectivity index is 3.30. The molecule has 0 amide bonds. The van der Waals surface area contributed by atoms with Crippen molar-refractivity contribution in [3.8, 4) is 0 Å². The average Bonchev–Trinajstić information content (AvgIpc) is 2.58. The van der Waals surface area contributed by atoms with Crippen molar-refractivity contribution >= 4 is 0 Å². The maximum absolute atomic E-state index is 5.93. The molecule has 0 saturated heterocycles. The quantitative estimate of drug-likeness (QED) is 0.232. The van der Waals surface area contributed by atoms with Gasteiger partial charge in [-0.1, -0.05) is 91.4 Å². The summed E-state index contributed by atoms with van der Waals surface area (Å²) in [5.74, 6) is 0.678. The predicted octanol–water partition coefficient (Wildman–Crippen LogP) is 7.16. The number of rotatable bonds is 19. The molecule has 0 aromatic heterocycles. The molecular formula is C22H46O2. The predicted molar refractivity (Wildman–Crippen MR) is 107 cm³/mol. The Morgan fingerprint density at radius 1 is 0.625 bits per heavy atom. The molecule has 0 bridgehead atoms. The van der Waals surface area contributed by atoms with Crippen LogP contribution in [0.5, 0.6) is 0 Å². The standard InChI is InChI=1S/C22H46O2/c1-5-7-9-11-13-15-17-21(3)19-24-22(4)20-23-18-16-14-12-10-8-6-2/h21-22H,5-20H2,1-4H3. The first kappa shape index (κ1) is 23.9. The van der Waals surface area contributed by atoms with Crippen molar-refractivity contribution in [3.63, 3.8) is 0 Å². The molecule has 0 fully saturated rings. The topological polar surface area (TPSA) is 18.5 Å². The van der Waals surface area contributed by atoms with Gasteiger partial charge in [0.25, 0.3) is 0 Å². The minimum atomic E-state index is 0.233. The second kappa shape index (κ2) is 19.2. The Labute approximate surface area is 153 Å². The third-order valence-corrected chi connectivity index (χ3v) is 4.71. The van der Waals surface area contributed by atoms with Crippen LogP contribution in [0.1, 0.15) is 111 Å². The smallest absolute Gasteiger partial charge is 0.0780 e. The number of hydrogen-bond donors (Lipinski definition) is 0. The zero-order chi connectivity index (χ0) is 17.9. The lowest BCUT2D eigenvalue weighted by atomic mass is 10.0. The molecule has 2 nitrogen and oxygen atoms in total. The van der Waals surface area contributed by atoms with Crippen LogP contribution in [0.4, 0.5) is 0 Å². The van der Waals surface area contributed by atoms with Gasteiger partial charge >= 0.3 is 0 Å². The lowest BCUT2D eigenvalue weighted by Gasteiger charge is -2.17. The second-order valence-electron chi connectivity index (χ2n) is 7.65. The van der Waals surface area contributed by atoms with Gasteiger partial charge in [-0.15, -0.1) is 0 Å². The van der Waals surface area contributed by atoms with Gasteiger partial charge in [-0.25, -0.2) is 0 Å². The lowest BCUT2D eigenvalue weighted by molar-refractivity contribution is -0.0196. The molecule has 0 spiro atoms. The summed E-state index contributed by atoms with van der Waals surface area (Å²) in [5, 5.41) is 0. The van der Waals surface area contributed by atoms with Crippen molar-refractivity contribution in [2.24, 2.45) is 5.92 Å². The van der Waals surface area contributed by atoms with Gasteiger partial charge in [0, 0.05) is 13.2 Å². The van der Waals surface area contributed by atoms with Crippen LogP contribution in [-0.4, -0.2) is 25.9 Å². The SMILES string of the molecule is CCCCCCCCOCC(C)OCC(C)CCCCCCCC. The summed E-state index contributed by atoms with van der Waals surface area (Å²) < 4.78 is 11.7. The fourth-order valence-electron chi connectivity index (χ4n) is 2.97. The number of unbranched alkanes of at least 4 members (excludes halogenated alkanes) is 10. The van der Waals surface area contributed by atoms with Crippen molar-refractivity contribution in [1.29, 1.82) is 0 Å². The van der Waals surface area contributed by atoms with E-state index in [1.807, 2.05) is 0 Å². The van der Waals surface area contributed by atoms with Gasteiger partial charge in [-0.3, -0.25) is 0 Å². The summed E-state index contributed by atoms with van der Waals surface area (Å²) in [5.41, 5.74) is 0. The monoisotopic (exact) mass is 342 g/mol. The van der Waals surface area contributed by atoms with Crippen LogP contribution in [0.3, 0.4) is 0 Å². The van der Waals surface area contributed by atoms with Crippen LogP contribution in [0.25, 0.3) is 0 Å². The van der Waals surface area contributed by atoms with Crippen LogP contribution < -0.4 is 0 Å². The highest BCUT2D eigenvalue weighted by molar-refractivity contribution is 4.56. The normalized spacial score (nSPS) is 14.0. The summed E-state index contributed by atoms with van der Waals surface area (Å²) >= 11 is 0. The molecule has 0 N–H and O–H groups in total. The van der Waals surface area contributed by atoms with Crippen molar-refractivity contribution < 1.29 is 9.47 Å². The van der Waals surface area contributed by atoms with Gasteiger partial charge in [-0.05, 0) is 25.7 Å². The van der Waals surface area contributed by atoms with Gasteiger partial charge in [0.15, 0.2) is 0 Å². The zero-order valence-corrected chi connectivity index (χ0v) is 17.3. The van der Waals surface area contributed by atoms with E-state index in [2.05, 4.69) is 27.7 Å². The summed E-state index contributed by atoms with van der Waals surface area (Å²) in [6.45, 7) is 11.5. The molecule has 0 aromatic rings. The highest BCUT2D eigenvalue weighted by Gasteiger charge is 2.07. The van der Waals surface area contributed by atoms with Crippen LogP contribution in [0.2, 0.25) is 0 Å². The van der Waals surface area contributed by atoms with Crippen LogP contribution in [0.15, 0.2) is 0 Å². The molecular weight excluding hydrogens is 296 g/mol. The van der Waals surface area contributed by atoms with E-state index in [0.29, 0.717) is 5.92 Å². The Hall–Kier alpha value is -0.0800. The summed E-state index contributed by atoms with van der Waals surface area (Å²) in [6.07, 6.45) is 17.8. The van der Waals surface area contributed by atoms with Crippen molar-refractivity contribution in [2.75, 3.05) is 19.8 Å². The molecule has 146 valence electrons. The van der Waals surface area contributed by atoms with Crippen LogP contribution in [-0.2, 0) is 9.47 Å². The minimum absolute atomic E-state index is 0.233. The Morgan fingerprint density at radius 2 is 1.17 bits per heavy atom. The average molecular weight is 343 g/mol. The summed E-state index contributed by atoms with van der Waals surface area (Å²) in [7, 11) is 0. The summed E-state index contributed by atoms with van der Waals surface area (Å²) in [6, 6.07) is 0. The highest BCUT2D eigenvalue weighted by atomic mass is 16.5. The van der Waals surface area contributed by atoms with E-state index in [9.17, 15) is 0 Å². The first-order valence-corrected chi connectivity index (χ1v) is 10.9. The molecule has 0 rings (SSSR count). The fourth-order valence-corrected chi connectivity index (χ4v) is 2.97. The maximum atomic E-state index is 5.93. The van der Waals surface area contributed by atoms with E-state index < -0.39 is 0 Å². The van der Waals surface area contributed by atoms with Gasteiger partial charge in [0.2, 0.25) is 0 Å². The fraction of sp³-hybridized carbons (Fsp3) is 1.00. The Bertz CT molecular complexity index is 230. The number of hydrogen-bond acceptors (Lipinski definition) is 2. The second-order valence-corrected chi connectivity index (χ2v) is 7.65. The van der Waals surface area contributed by atoms with Crippen LogP contribution in [0, 0.1) is 5.92 Å². The Kier molecular flexibility index (Phi) is 19.2. The zero-order valence-electron chi connectivity index (χ0n) is 17.3. The van der Waals surface area contributed by atoms with Gasteiger partial charge < -0.3 is 9.47 Å². The molecule has 0 heterocycles.